The summed E-state index contributed by atoms with van der Waals surface area (Å²) in [5.74, 6) is 2.08. The molecule has 0 amide bonds. The van der Waals surface area contributed by atoms with Crippen LogP contribution in [0.25, 0.3) is 50.1 Å². The van der Waals surface area contributed by atoms with Crippen molar-refractivity contribution in [3.8, 4) is 39.8 Å². The van der Waals surface area contributed by atoms with Crippen LogP contribution in [-0.4, -0.2) is 14.1 Å². The normalized spacial score (nSPS) is 11.9. The van der Waals surface area contributed by atoms with Crippen molar-refractivity contribution < 1.29 is 30.4 Å². The van der Waals surface area contributed by atoms with Crippen LogP contribution in [0.3, 0.4) is 0 Å². The van der Waals surface area contributed by atoms with Crippen molar-refractivity contribution >= 4 is 21.8 Å². The number of fused-ring (bicyclic) bond motifs is 3. The topological polar surface area (TPSA) is 35.9 Å². The molecule has 52 heavy (non-hydrogen) atoms. The predicted octanol–water partition coefficient (Wildman–Crippen LogP) is 10.7. The zero-order chi connectivity index (χ0) is 35.3. The van der Waals surface area contributed by atoms with Crippen LogP contribution in [0.15, 0.2) is 134 Å². The molecule has 0 unspecified atom stereocenters. The van der Waals surface area contributed by atoms with Gasteiger partial charge in [-0.1, -0.05) is 108 Å². The molecule has 3 aromatic heterocycles. The molecule has 0 aliphatic rings. The molecular weight excluding hydrogens is 820 g/mol. The quantitative estimate of drug-likeness (QED) is 0.123. The maximum atomic E-state index is 6.63. The van der Waals surface area contributed by atoms with E-state index < -0.39 is 0 Å². The molecular formula is C46H40N4OPt-2. The summed E-state index contributed by atoms with van der Waals surface area (Å²) in [6, 6.07) is 47.1. The van der Waals surface area contributed by atoms with Crippen LogP contribution in [0.4, 0.5) is 0 Å². The first-order valence-electron chi connectivity index (χ1n) is 17.4. The van der Waals surface area contributed by atoms with E-state index in [9.17, 15) is 0 Å². The van der Waals surface area contributed by atoms with Crippen LogP contribution in [0.2, 0.25) is 0 Å². The van der Waals surface area contributed by atoms with E-state index in [1.165, 1.54) is 11.1 Å². The number of benzene rings is 5. The summed E-state index contributed by atoms with van der Waals surface area (Å²) in [6.07, 6.45) is 9.42. The largest absolute Gasteiger partial charge is 0.510 e. The third kappa shape index (κ3) is 6.86. The molecule has 5 aromatic carbocycles. The van der Waals surface area contributed by atoms with E-state index in [2.05, 4.69) is 168 Å². The molecule has 0 fully saturated rings. The van der Waals surface area contributed by atoms with Gasteiger partial charge < -0.3 is 13.9 Å². The van der Waals surface area contributed by atoms with Gasteiger partial charge in [0.05, 0.1) is 5.69 Å². The van der Waals surface area contributed by atoms with E-state index in [1.54, 1.807) is 0 Å². The Morgan fingerprint density at radius 2 is 1.40 bits per heavy atom. The summed E-state index contributed by atoms with van der Waals surface area (Å²) >= 11 is 0. The van der Waals surface area contributed by atoms with Crippen molar-refractivity contribution in [3.05, 3.63) is 163 Å². The van der Waals surface area contributed by atoms with Crippen molar-refractivity contribution in [2.24, 2.45) is 0 Å². The number of ether oxygens (including phenoxy) is 1. The van der Waals surface area contributed by atoms with Crippen molar-refractivity contribution in [2.45, 2.75) is 52.4 Å². The summed E-state index contributed by atoms with van der Waals surface area (Å²) < 4.78 is 12.8. The number of nitrogens with zero attached hydrogens (tertiary/aromatic N) is 4. The SMILES string of the molecule is CC(C)(C)c1cc(Oc2[c-]c3c(cc2)c2ccccc2n3-c2cc(C(C)(C)C)ccn2)[c-]c(-n2[c-][n+](-c3cccc(-c4ccccc4)c3)cc2)c1.[Pt]. The molecule has 0 N–H and O–H groups in total. The van der Waals surface area contributed by atoms with Gasteiger partial charge in [0.2, 0.25) is 0 Å². The summed E-state index contributed by atoms with van der Waals surface area (Å²) in [5, 5.41) is 2.24. The van der Waals surface area contributed by atoms with Gasteiger partial charge in [0.1, 0.15) is 5.82 Å². The predicted molar refractivity (Wildman–Crippen MR) is 205 cm³/mol. The third-order valence-electron chi connectivity index (χ3n) is 9.38. The smallest absolute Gasteiger partial charge is 0.267 e. The van der Waals surface area contributed by atoms with Gasteiger partial charge in [0.15, 0.2) is 0 Å². The molecule has 3 heterocycles. The molecule has 0 spiro atoms. The molecule has 0 bridgehead atoms. The van der Waals surface area contributed by atoms with Crippen molar-refractivity contribution in [3.63, 3.8) is 0 Å². The van der Waals surface area contributed by atoms with Gasteiger partial charge in [-0.2, -0.15) is 17.7 Å². The third-order valence-corrected chi connectivity index (χ3v) is 9.38. The molecule has 0 saturated carbocycles. The molecule has 6 heteroatoms. The van der Waals surface area contributed by atoms with Gasteiger partial charge in [-0.3, -0.25) is 4.57 Å². The first-order chi connectivity index (χ1) is 24.5. The van der Waals surface area contributed by atoms with E-state index >= 15 is 0 Å². The number of imidazole rings is 1. The Morgan fingerprint density at radius 1 is 0.654 bits per heavy atom. The molecule has 0 radical (unpaired) electrons. The number of hydrogen-bond donors (Lipinski definition) is 0. The molecule has 0 saturated heterocycles. The van der Waals surface area contributed by atoms with Crippen LogP contribution in [0.1, 0.15) is 52.7 Å². The Hall–Kier alpha value is -5.25. The minimum atomic E-state index is -0.126. The van der Waals surface area contributed by atoms with Gasteiger partial charge in [0.25, 0.3) is 6.33 Å². The molecule has 0 aliphatic heterocycles. The van der Waals surface area contributed by atoms with Crippen LogP contribution in [0.5, 0.6) is 11.5 Å². The van der Waals surface area contributed by atoms with Crippen LogP contribution >= 0.6 is 0 Å². The second kappa shape index (κ2) is 13.7. The van der Waals surface area contributed by atoms with E-state index in [1.807, 2.05) is 39.9 Å². The number of para-hydroxylation sites is 1. The molecule has 5 nitrogen and oxygen atoms in total. The fourth-order valence-corrected chi connectivity index (χ4v) is 6.50. The zero-order valence-electron chi connectivity index (χ0n) is 30.2. The standard InChI is InChI=1S/C46H40N4O.Pt/c1-45(2,3)34-21-22-47-44(28-34)50-42-18-11-10-17-40(42)41-20-19-38(30-43(41)50)51-39-27-35(46(4,5)6)26-37(29-39)49-24-23-48(31-49)36-16-12-15-33(25-36)32-13-8-7-9-14-32;/h7-28H,1-6H3;/q-2;. The van der Waals surface area contributed by atoms with Crippen molar-refractivity contribution in [2.75, 3.05) is 0 Å². The van der Waals surface area contributed by atoms with Gasteiger partial charge in [-0.15, -0.1) is 29.7 Å². The van der Waals surface area contributed by atoms with Crippen LogP contribution in [-0.2, 0) is 31.9 Å². The summed E-state index contributed by atoms with van der Waals surface area (Å²) in [4.78, 5) is 4.82. The van der Waals surface area contributed by atoms with Gasteiger partial charge in [-0.05, 0) is 68.9 Å². The second-order valence-electron chi connectivity index (χ2n) is 15.1. The van der Waals surface area contributed by atoms with Crippen LogP contribution < -0.4 is 9.30 Å². The maximum Gasteiger partial charge on any atom is 0.267 e. The summed E-state index contributed by atoms with van der Waals surface area (Å²) in [6.45, 7) is 13.3. The average molecular weight is 860 g/mol. The summed E-state index contributed by atoms with van der Waals surface area (Å²) in [7, 11) is 0. The number of pyridine rings is 1. The Kier molecular flexibility index (Phi) is 9.27. The average Bonchev–Trinajstić information content (AvgIpc) is 3.75. The minimum absolute atomic E-state index is 0. The van der Waals surface area contributed by atoms with Crippen molar-refractivity contribution in [1.82, 2.24) is 14.1 Å². The molecule has 0 aliphatic carbocycles. The Labute approximate surface area is 320 Å². The monoisotopic (exact) mass is 859 g/mol. The van der Waals surface area contributed by atoms with E-state index in [0.717, 1.165) is 50.1 Å². The molecule has 262 valence electrons. The molecule has 8 rings (SSSR count). The van der Waals surface area contributed by atoms with Gasteiger partial charge >= 0.3 is 0 Å². The minimum Gasteiger partial charge on any atom is -0.510 e. The van der Waals surface area contributed by atoms with Gasteiger partial charge in [-0.25, -0.2) is 4.98 Å². The van der Waals surface area contributed by atoms with E-state index in [-0.39, 0.29) is 31.9 Å². The Morgan fingerprint density at radius 3 is 2.19 bits per heavy atom. The van der Waals surface area contributed by atoms with E-state index in [0.29, 0.717) is 11.5 Å². The molecule has 8 aromatic rings. The number of aromatic nitrogens is 4. The first-order valence-corrected chi connectivity index (χ1v) is 17.4. The Bertz CT molecular complexity index is 2530. The Balaban J connectivity index is 0.00000420. The fourth-order valence-electron chi connectivity index (χ4n) is 6.50. The summed E-state index contributed by atoms with van der Waals surface area (Å²) in [5.41, 5.74) is 8.41. The second-order valence-corrected chi connectivity index (χ2v) is 15.1. The number of hydrogen-bond acceptors (Lipinski definition) is 2. The molecule has 0 atom stereocenters. The van der Waals surface area contributed by atoms with Crippen molar-refractivity contribution in [1.29, 1.82) is 0 Å². The maximum absolute atomic E-state index is 6.63. The number of rotatable bonds is 6. The van der Waals surface area contributed by atoms with E-state index in [4.69, 9.17) is 9.72 Å². The van der Waals surface area contributed by atoms with Gasteiger partial charge in [0, 0.05) is 56.7 Å². The first kappa shape index (κ1) is 35.2. The zero-order valence-corrected chi connectivity index (χ0v) is 32.5. The van der Waals surface area contributed by atoms with Crippen LogP contribution in [0, 0.1) is 18.5 Å². The fraction of sp³-hybridized carbons (Fsp3) is 0.174.